The van der Waals surface area contributed by atoms with Gasteiger partial charge in [-0.1, -0.05) is 6.08 Å². The maximum atomic E-state index is 12.4. The molecule has 0 spiro atoms. The minimum atomic E-state index is -5.86. The Morgan fingerprint density at radius 3 is 2.06 bits per heavy atom. The van der Waals surface area contributed by atoms with Crippen molar-refractivity contribution in [1.29, 1.82) is 0 Å². The molecule has 5 heterocycles. The second kappa shape index (κ2) is 20.8. The fourth-order valence-electron chi connectivity index (χ4n) is 4.91. The molecule has 266 valence electrons. The molecular weight excluding hydrogens is 807 g/mol. The molecular formula is C21H26N7Na4O17P3. The molecule has 0 bridgehead atoms. The maximum absolute atomic E-state index is 12.4. The van der Waals surface area contributed by atoms with Gasteiger partial charge in [-0.25, -0.2) is 19.3 Å². The number of ether oxygens (including phenoxy) is 2. The number of anilines is 1. The van der Waals surface area contributed by atoms with Crippen LogP contribution >= 0.6 is 23.5 Å². The molecule has 0 aromatic carbocycles. The number of allylic oxidation sites excluding steroid dienone is 1. The number of nitrogens with two attached hydrogens (primary N) is 2. The van der Waals surface area contributed by atoms with E-state index >= 15 is 0 Å². The first kappa shape index (κ1) is 51.3. The molecule has 7 N–H and O–H groups in total. The zero-order chi connectivity index (χ0) is 35.2. The maximum Gasteiger partial charge on any atom is 1.00 e. The molecule has 0 aliphatic carbocycles. The predicted molar refractivity (Wildman–Crippen MR) is 144 cm³/mol. The average molecular weight is 833 g/mol. The number of aromatic nitrogens is 4. The Morgan fingerprint density at radius 1 is 0.904 bits per heavy atom. The van der Waals surface area contributed by atoms with Gasteiger partial charge in [0, 0.05) is 18.0 Å². The third-order valence-electron chi connectivity index (χ3n) is 7.09. The van der Waals surface area contributed by atoms with E-state index < -0.39 is 91.7 Å². The summed E-state index contributed by atoms with van der Waals surface area (Å²) in [5.74, 6) is -0.849. The Kier molecular flexibility index (Phi) is 20.5. The van der Waals surface area contributed by atoms with E-state index in [4.69, 9.17) is 20.9 Å². The van der Waals surface area contributed by atoms with Gasteiger partial charge >= 0.3 is 118 Å². The molecule has 3 aliphatic rings. The SMILES string of the molecule is NC(=O)C1=CN([C@@H]2O[C@H](COP(=O)([O-])OP(=O)([O-])OC[C@H]3O[C@@H](n4cnc5c(N)ncnc54)[C@@H](OP(=O)([O-])[O-])C3O)C(O)[C@@H]2O)C=CC1.[Na+].[Na+].[Na+].[Na+]. The number of fused-ring (bicyclic) bond motifs is 1. The van der Waals surface area contributed by atoms with E-state index in [2.05, 4.69) is 32.8 Å². The third kappa shape index (κ3) is 12.6. The van der Waals surface area contributed by atoms with Gasteiger partial charge < -0.3 is 78.9 Å². The van der Waals surface area contributed by atoms with Crippen LogP contribution in [0.25, 0.3) is 11.2 Å². The van der Waals surface area contributed by atoms with Crippen molar-refractivity contribution in [2.24, 2.45) is 5.73 Å². The number of aliphatic hydroxyl groups excluding tert-OH is 3. The van der Waals surface area contributed by atoms with Gasteiger partial charge in [0.1, 0.15) is 48.5 Å². The van der Waals surface area contributed by atoms with Crippen molar-refractivity contribution in [3.05, 3.63) is 36.7 Å². The molecule has 31 heteroatoms. The molecule has 4 unspecified atom stereocenters. The summed E-state index contributed by atoms with van der Waals surface area (Å²) in [5, 5.41) is 31.4. The first-order valence-corrected chi connectivity index (χ1v) is 17.8. The molecule has 2 aromatic heterocycles. The minimum Gasteiger partial charge on any atom is -0.790 e. The van der Waals surface area contributed by atoms with Crippen molar-refractivity contribution < 1.29 is 199 Å². The number of hydrogen-bond acceptors (Lipinski definition) is 22. The van der Waals surface area contributed by atoms with Gasteiger partial charge in [-0.05, 0) is 6.42 Å². The fraction of sp³-hybridized carbons (Fsp3) is 0.524. The van der Waals surface area contributed by atoms with Crippen molar-refractivity contribution >= 4 is 46.4 Å². The molecule has 10 atom stereocenters. The van der Waals surface area contributed by atoms with Gasteiger partial charge in [0.25, 0.3) is 15.6 Å². The van der Waals surface area contributed by atoms with E-state index in [1.807, 2.05) is 0 Å². The largest absolute Gasteiger partial charge is 1.00 e. The van der Waals surface area contributed by atoms with Crippen LogP contribution in [0.4, 0.5) is 5.82 Å². The zero-order valence-electron chi connectivity index (χ0n) is 27.9. The number of rotatable bonds is 13. The van der Waals surface area contributed by atoms with E-state index in [0.717, 1.165) is 17.2 Å². The standard InChI is InChI=1S/C21H30N7O17P3.4Na/c22-17-12-19(25-7-24-17)28(8-26-12)21-16(44-46(33,34)35)14(30)11(43-21)6-41-48(38,39)45-47(36,37)40-5-10-13(29)15(31)20(42-10)27-3-1-2-9(4-27)18(23)32;;;;/h1,3-4,7-8,10-11,13-16,20-21,29-31H,2,5-6H2,(H2,23,32)(H,36,37)(H,38,39)(H2,22,24,25)(H2,33,34,35);;;;/q;4*+1/p-4/t10-,11-,13?,14?,15+,16+,20-,21-;;;;/m1..../s1. The molecule has 52 heavy (non-hydrogen) atoms. The fourth-order valence-corrected chi connectivity index (χ4v) is 7.45. The summed E-state index contributed by atoms with van der Waals surface area (Å²) in [4.78, 5) is 71.8. The number of aliphatic hydroxyl groups is 3. The van der Waals surface area contributed by atoms with Crippen LogP contribution in [0.1, 0.15) is 12.6 Å². The Morgan fingerprint density at radius 2 is 1.48 bits per heavy atom. The molecule has 24 nitrogen and oxygen atoms in total. The zero-order valence-corrected chi connectivity index (χ0v) is 38.6. The summed E-state index contributed by atoms with van der Waals surface area (Å²) in [6.07, 6.45) is -7.38. The van der Waals surface area contributed by atoms with E-state index in [9.17, 15) is 53.4 Å². The van der Waals surface area contributed by atoms with Crippen molar-refractivity contribution in [2.45, 2.75) is 55.5 Å². The Bertz CT molecular complexity index is 1760. The van der Waals surface area contributed by atoms with Crippen LogP contribution in [-0.2, 0) is 45.8 Å². The third-order valence-corrected chi connectivity index (χ3v) is 10.1. The number of nitrogens with zero attached hydrogens (tertiary/aromatic N) is 5. The second-order valence-corrected chi connectivity index (χ2v) is 14.4. The summed E-state index contributed by atoms with van der Waals surface area (Å²) in [6.45, 7) is -2.26. The Hall–Kier alpha value is 1.27. The van der Waals surface area contributed by atoms with Gasteiger partial charge in [-0.3, -0.25) is 18.5 Å². The van der Waals surface area contributed by atoms with Crippen molar-refractivity contribution in [3.63, 3.8) is 0 Å². The normalized spacial score (nSPS) is 29.4. The Balaban J connectivity index is 0.00000338. The number of amides is 1. The van der Waals surface area contributed by atoms with Gasteiger partial charge in [0.05, 0.1) is 27.4 Å². The molecule has 3 aliphatic heterocycles. The monoisotopic (exact) mass is 833 g/mol. The van der Waals surface area contributed by atoms with Crippen molar-refractivity contribution in [1.82, 2.24) is 24.4 Å². The quantitative estimate of drug-likeness (QED) is 0.0924. The first-order chi connectivity index (χ1) is 22.4. The van der Waals surface area contributed by atoms with Crippen LogP contribution in [0.3, 0.4) is 0 Å². The number of imidazole rings is 1. The van der Waals surface area contributed by atoms with Crippen LogP contribution in [0.2, 0.25) is 0 Å². The smallest absolute Gasteiger partial charge is 0.790 e. The molecule has 0 saturated carbocycles. The van der Waals surface area contributed by atoms with Crippen molar-refractivity contribution in [3.8, 4) is 0 Å². The summed E-state index contributed by atoms with van der Waals surface area (Å²) in [7, 11) is -17.4. The topological polar surface area (TPSA) is 375 Å². The first-order valence-electron chi connectivity index (χ1n) is 13.4. The van der Waals surface area contributed by atoms with Crippen LogP contribution < -0.4 is 149 Å². The van der Waals surface area contributed by atoms with Crippen LogP contribution in [0.5, 0.6) is 0 Å². The molecule has 2 saturated heterocycles. The number of nitrogen functional groups attached to an aromatic ring is 1. The second-order valence-electron chi connectivity index (χ2n) is 10.3. The summed E-state index contributed by atoms with van der Waals surface area (Å²) < 4.78 is 65.6. The number of primary amides is 1. The van der Waals surface area contributed by atoms with Crippen molar-refractivity contribution in [2.75, 3.05) is 18.9 Å². The van der Waals surface area contributed by atoms with Crippen LogP contribution in [0.15, 0.2) is 36.7 Å². The van der Waals surface area contributed by atoms with E-state index in [1.54, 1.807) is 0 Å². The number of carbonyl (C=O) groups excluding carboxylic acids is 1. The average Bonchev–Trinajstić information content (AvgIpc) is 3.64. The molecule has 2 fully saturated rings. The van der Waals surface area contributed by atoms with E-state index in [0.29, 0.717) is 0 Å². The molecule has 1 amide bonds. The summed E-state index contributed by atoms with van der Waals surface area (Å²) in [6, 6.07) is 0. The minimum absolute atomic E-state index is 0. The molecule has 2 aromatic rings. The summed E-state index contributed by atoms with van der Waals surface area (Å²) in [5.41, 5.74) is 11.1. The van der Waals surface area contributed by atoms with E-state index in [-0.39, 0.29) is 147 Å². The Labute approximate surface area is 382 Å². The molecule has 0 radical (unpaired) electrons. The van der Waals surface area contributed by atoms with Gasteiger partial charge in [-0.2, -0.15) is 0 Å². The number of hydrogen-bond donors (Lipinski definition) is 5. The van der Waals surface area contributed by atoms with Gasteiger partial charge in [0.2, 0.25) is 5.91 Å². The predicted octanol–water partition coefficient (Wildman–Crippen LogP) is -17.1. The van der Waals surface area contributed by atoms with Crippen LogP contribution in [0, 0.1) is 0 Å². The van der Waals surface area contributed by atoms with E-state index in [1.165, 1.54) is 23.4 Å². The number of carbonyl (C=O) groups is 1. The van der Waals surface area contributed by atoms with Gasteiger partial charge in [0.15, 0.2) is 23.9 Å². The van der Waals surface area contributed by atoms with Crippen LogP contribution in [-0.4, -0.2) is 102 Å². The number of phosphoric ester groups is 3. The van der Waals surface area contributed by atoms with Gasteiger partial charge in [-0.15, -0.1) is 0 Å². The molecule has 5 rings (SSSR count). The number of phosphoric acid groups is 3. The summed E-state index contributed by atoms with van der Waals surface area (Å²) >= 11 is 0.